The van der Waals surface area contributed by atoms with Gasteiger partial charge in [-0.25, -0.2) is 4.79 Å². The number of nitrogens with one attached hydrogen (secondary N) is 1. The third-order valence-corrected chi connectivity index (χ3v) is 3.52. The van der Waals surface area contributed by atoms with Gasteiger partial charge in [-0.15, -0.1) is 0 Å². The highest BCUT2D eigenvalue weighted by Crippen LogP contribution is 2.32. The molecule has 3 rings (SSSR count). The van der Waals surface area contributed by atoms with E-state index in [0.717, 1.165) is 6.42 Å². The smallest absolute Gasteiger partial charge is 0.321 e. The van der Waals surface area contributed by atoms with E-state index in [-0.39, 0.29) is 19.1 Å². The molecule has 0 aliphatic carbocycles. The number of carboxylic acids is 1. The minimum absolute atomic E-state index is 0.242. The summed E-state index contributed by atoms with van der Waals surface area (Å²) in [6.07, 6.45) is 0.820. The van der Waals surface area contributed by atoms with E-state index in [1.54, 1.807) is 18.2 Å². The van der Waals surface area contributed by atoms with Crippen LogP contribution in [-0.2, 0) is 4.79 Å². The van der Waals surface area contributed by atoms with Crippen LogP contribution < -0.4 is 14.8 Å². The largest absolute Gasteiger partial charge is 0.490 e. The number of rotatable bonds is 2. The van der Waals surface area contributed by atoms with Crippen LogP contribution in [0.4, 0.5) is 10.5 Å². The standard InChI is InChI=1S/C14H16N2O5/c17-13(18)9-7-16(8-9)14(19)15-10-2-3-11-12(6-10)21-5-1-4-20-11/h2-3,6,9H,1,4-5,7-8H2,(H,15,19)(H,17,18). The Labute approximate surface area is 121 Å². The van der Waals surface area contributed by atoms with Gasteiger partial charge in [0.15, 0.2) is 11.5 Å². The van der Waals surface area contributed by atoms with Crippen molar-refractivity contribution < 1.29 is 24.2 Å². The molecule has 2 amide bonds. The predicted octanol–water partition coefficient (Wildman–Crippen LogP) is 1.40. The van der Waals surface area contributed by atoms with Gasteiger partial charge >= 0.3 is 12.0 Å². The normalized spacial score (nSPS) is 17.6. The quantitative estimate of drug-likeness (QED) is 0.860. The average molecular weight is 292 g/mol. The number of likely N-dealkylation sites (tertiary alicyclic amines) is 1. The molecule has 0 saturated carbocycles. The van der Waals surface area contributed by atoms with E-state index in [4.69, 9.17) is 14.6 Å². The molecule has 7 heteroatoms. The Morgan fingerprint density at radius 1 is 1.19 bits per heavy atom. The van der Waals surface area contributed by atoms with E-state index in [1.807, 2.05) is 0 Å². The lowest BCUT2D eigenvalue weighted by atomic mass is 10.0. The summed E-state index contributed by atoms with van der Waals surface area (Å²) in [4.78, 5) is 24.1. The third kappa shape index (κ3) is 2.86. The highest BCUT2D eigenvalue weighted by molar-refractivity contribution is 5.91. The number of anilines is 1. The van der Waals surface area contributed by atoms with Gasteiger partial charge in [0.05, 0.1) is 19.1 Å². The fourth-order valence-corrected chi connectivity index (χ4v) is 2.24. The van der Waals surface area contributed by atoms with Crippen LogP contribution in [0.2, 0.25) is 0 Å². The van der Waals surface area contributed by atoms with Crippen molar-refractivity contribution in [3.63, 3.8) is 0 Å². The molecule has 0 spiro atoms. The van der Waals surface area contributed by atoms with Gasteiger partial charge in [-0.05, 0) is 12.1 Å². The lowest BCUT2D eigenvalue weighted by Gasteiger charge is -2.36. The number of carboxylic acid groups (broad SMARTS) is 1. The third-order valence-electron chi connectivity index (χ3n) is 3.52. The summed E-state index contributed by atoms with van der Waals surface area (Å²) >= 11 is 0. The molecular weight excluding hydrogens is 276 g/mol. The van der Waals surface area contributed by atoms with E-state index < -0.39 is 11.9 Å². The predicted molar refractivity (Wildman–Crippen MR) is 73.8 cm³/mol. The van der Waals surface area contributed by atoms with Crippen molar-refractivity contribution >= 4 is 17.7 Å². The maximum Gasteiger partial charge on any atom is 0.321 e. The Morgan fingerprint density at radius 2 is 1.90 bits per heavy atom. The summed E-state index contributed by atoms with van der Waals surface area (Å²) in [7, 11) is 0. The first-order valence-corrected chi connectivity index (χ1v) is 6.82. The Balaban J connectivity index is 1.62. The van der Waals surface area contributed by atoms with Crippen molar-refractivity contribution in [3.8, 4) is 11.5 Å². The highest BCUT2D eigenvalue weighted by Gasteiger charge is 2.35. The SMILES string of the molecule is O=C(O)C1CN(C(=O)Nc2ccc3c(c2)OCCCO3)C1. The number of urea groups is 1. The maximum atomic E-state index is 11.9. The summed E-state index contributed by atoms with van der Waals surface area (Å²) in [5.74, 6) is -0.0492. The number of fused-ring (bicyclic) bond motifs is 1. The zero-order chi connectivity index (χ0) is 14.8. The van der Waals surface area contributed by atoms with Crippen molar-refractivity contribution in [1.29, 1.82) is 0 Å². The van der Waals surface area contributed by atoms with Crippen LogP contribution in [-0.4, -0.2) is 48.3 Å². The van der Waals surface area contributed by atoms with Gasteiger partial charge in [-0.2, -0.15) is 0 Å². The van der Waals surface area contributed by atoms with Gasteiger partial charge in [0.2, 0.25) is 0 Å². The maximum absolute atomic E-state index is 11.9. The van der Waals surface area contributed by atoms with Crippen molar-refractivity contribution in [3.05, 3.63) is 18.2 Å². The molecular formula is C14H16N2O5. The highest BCUT2D eigenvalue weighted by atomic mass is 16.5. The minimum atomic E-state index is -0.866. The summed E-state index contributed by atoms with van der Waals surface area (Å²) in [6.45, 7) is 1.68. The summed E-state index contributed by atoms with van der Waals surface area (Å²) in [5, 5.41) is 11.5. The Morgan fingerprint density at radius 3 is 2.62 bits per heavy atom. The summed E-state index contributed by atoms with van der Waals surface area (Å²) in [5.41, 5.74) is 0.600. The van der Waals surface area contributed by atoms with Gasteiger partial charge in [0.25, 0.3) is 0 Å². The first-order chi connectivity index (χ1) is 10.1. The number of hydrogen-bond donors (Lipinski definition) is 2. The molecule has 1 aromatic carbocycles. The minimum Gasteiger partial charge on any atom is -0.490 e. The molecule has 0 unspecified atom stereocenters. The summed E-state index contributed by atoms with van der Waals surface area (Å²) < 4.78 is 11.1. The van der Waals surface area contributed by atoms with E-state index in [2.05, 4.69) is 5.32 Å². The van der Waals surface area contributed by atoms with Crippen LogP contribution in [0.5, 0.6) is 11.5 Å². The van der Waals surface area contributed by atoms with Gasteiger partial charge < -0.3 is 24.8 Å². The summed E-state index contributed by atoms with van der Waals surface area (Å²) in [6, 6.07) is 4.90. The molecule has 0 radical (unpaired) electrons. The van der Waals surface area contributed by atoms with E-state index >= 15 is 0 Å². The fraction of sp³-hybridized carbons (Fsp3) is 0.429. The van der Waals surface area contributed by atoms with Crippen LogP contribution in [0, 0.1) is 5.92 Å². The second-order valence-electron chi connectivity index (χ2n) is 5.08. The number of amides is 2. The molecule has 112 valence electrons. The second kappa shape index (κ2) is 5.51. The van der Waals surface area contributed by atoms with Crippen molar-refractivity contribution in [1.82, 2.24) is 4.90 Å². The van der Waals surface area contributed by atoms with Crippen LogP contribution >= 0.6 is 0 Å². The monoisotopic (exact) mass is 292 g/mol. The van der Waals surface area contributed by atoms with Crippen LogP contribution in [0.25, 0.3) is 0 Å². The Bertz CT molecular complexity index is 568. The zero-order valence-corrected chi connectivity index (χ0v) is 11.4. The number of carbonyl (C=O) groups excluding carboxylic acids is 1. The van der Waals surface area contributed by atoms with Gasteiger partial charge in [-0.3, -0.25) is 4.79 Å². The topological polar surface area (TPSA) is 88.1 Å². The molecule has 2 aliphatic rings. The van der Waals surface area contributed by atoms with Gasteiger partial charge in [0.1, 0.15) is 0 Å². The van der Waals surface area contributed by atoms with E-state index in [1.165, 1.54) is 4.90 Å². The Hall–Kier alpha value is -2.44. The first-order valence-electron chi connectivity index (χ1n) is 6.82. The van der Waals surface area contributed by atoms with Gasteiger partial charge in [0, 0.05) is 31.3 Å². The lowest BCUT2D eigenvalue weighted by molar-refractivity contribution is -0.145. The molecule has 21 heavy (non-hydrogen) atoms. The molecule has 2 aliphatic heterocycles. The molecule has 1 saturated heterocycles. The Kier molecular flexibility index (Phi) is 3.55. The molecule has 2 N–H and O–H groups in total. The van der Waals surface area contributed by atoms with Gasteiger partial charge in [-0.1, -0.05) is 0 Å². The van der Waals surface area contributed by atoms with E-state index in [9.17, 15) is 9.59 Å². The average Bonchev–Trinajstić information content (AvgIpc) is 2.61. The number of ether oxygens (including phenoxy) is 2. The van der Waals surface area contributed by atoms with Crippen molar-refractivity contribution in [2.75, 3.05) is 31.6 Å². The number of aliphatic carboxylic acids is 1. The van der Waals surface area contributed by atoms with Crippen LogP contribution in [0.15, 0.2) is 18.2 Å². The number of nitrogens with zero attached hydrogens (tertiary/aromatic N) is 1. The molecule has 1 fully saturated rings. The molecule has 0 bridgehead atoms. The van der Waals surface area contributed by atoms with E-state index in [0.29, 0.717) is 30.4 Å². The van der Waals surface area contributed by atoms with Crippen LogP contribution in [0.3, 0.4) is 0 Å². The van der Waals surface area contributed by atoms with Crippen molar-refractivity contribution in [2.24, 2.45) is 5.92 Å². The molecule has 0 atom stereocenters. The molecule has 1 aromatic rings. The molecule has 0 aromatic heterocycles. The number of carbonyl (C=O) groups is 2. The second-order valence-corrected chi connectivity index (χ2v) is 5.08. The zero-order valence-electron chi connectivity index (χ0n) is 11.4. The molecule has 2 heterocycles. The number of benzene rings is 1. The fourth-order valence-electron chi connectivity index (χ4n) is 2.24. The molecule has 7 nitrogen and oxygen atoms in total. The lowest BCUT2D eigenvalue weighted by Crippen LogP contribution is -2.54. The van der Waals surface area contributed by atoms with Crippen molar-refractivity contribution in [2.45, 2.75) is 6.42 Å². The first kappa shape index (κ1) is 13.5. The number of hydrogen-bond acceptors (Lipinski definition) is 4. The van der Waals surface area contributed by atoms with Crippen LogP contribution in [0.1, 0.15) is 6.42 Å².